The number of amides is 3. The Labute approximate surface area is 190 Å². The van der Waals surface area contributed by atoms with Crippen LogP contribution in [0.1, 0.15) is 81.1 Å². The van der Waals surface area contributed by atoms with Crippen molar-refractivity contribution in [1.29, 1.82) is 0 Å². The standard InChI is InChI=1S/C25H35N3O4/c1-3-13-27(14-4-2)20-7-5-6-8-22(20)32-18-9-10-19-17(15-18)16-28(25(19)31)21-11-12-23(29)26-24(21)30/h9-10,15,20-22H,3-8,11-14,16H2,1-2H3,(H,26,29,30)/t20-,21?,22?/m0/s1. The van der Waals surface area contributed by atoms with Gasteiger partial charge in [0.15, 0.2) is 0 Å². The molecule has 0 spiro atoms. The van der Waals surface area contributed by atoms with Gasteiger partial charge in [0.1, 0.15) is 17.9 Å². The predicted molar refractivity (Wildman–Crippen MR) is 121 cm³/mol. The van der Waals surface area contributed by atoms with E-state index in [-0.39, 0.29) is 30.2 Å². The third-order valence-corrected chi connectivity index (χ3v) is 6.94. The minimum Gasteiger partial charge on any atom is -0.489 e. The maximum Gasteiger partial charge on any atom is 0.255 e. The van der Waals surface area contributed by atoms with Crippen LogP contribution in [0, 0.1) is 0 Å². The fourth-order valence-corrected chi connectivity index (χ4v) is 5.45. The van der Waals surface area contributed by atoms with E-state index in [4.69, 9.17) is 4.74 Å². The maximum atomic E-state index is 12.9. The van der Waals surface area contributed by atoms with Gasteiger partial charge in [-0.15, -0.1) is 0 Å². The number of imide groups is 1. The van der Waals surface area contributed by atoms with Gasteiger partial charge in [-0.2, -0.15) is 0 Å². The molecule has 0 radical (unpaired) electrons. The molecule has 3 atom stereocenters. The van der Waals surface area contributed by atoms with Crippen LogP contribution in [-0.2, 0) is 16.1 Å². The van der Waals surface area contributed by atoms with E-state index in [2.05, 4.69) is 24.1 Å². The molecular weight excluding hydrogens is 406 g/mol. The molecule has 0 aromatic heterocycles. The summed E-state index contributed by atoms with van der Waals surface area (Å²) in [5.74, 6) is 0.00404. The van der Waals surface area contributed by atoms with Gasteiger partial charge >= 0.3 is 0 Å². The van der Waals surface area contributed by atoms with Crippen LogP contribution in [0.3, 0.4) is 0 Å². The summed E-state index contributed by atoms with van der Waals surface area (Å²) in [4.78, 5) is 40.8. The molecule has 0 bridgehead atoms. The molecular formula is C25H35N3O4. The van der Waals surface area contributed by atoms with Crippen LogP contribution in [-0.4, -0.2) is 58.8 Å². The van der Waals surface area contributed by atoms with E-state index in [0.717, 1.165) is 50.1 Å². The van der Waals surface area contributed by atoms with E-state index in [1.807, 2.05) is 18.2 Å². The lowest BCUT2D eigenvalue weighted by molar-refractivity contribution is -0.136. The van der Waals surface area contributed by atoms with Crippen LogP contribution in [0.2, 0.25) is 0 Å². The van der Waals surface area contributed by atoms with Crippen molar-refractivity contribution in [2.24, 2.45) is 0 Å². The zero-order valence-electron chi connectivity index (χ0n) is 19.3. The summed E-state index contributed by atoms with van der Waals surface area (Å²) in [5, 5.41) is 2.35. The molecule has 1 saturated carbocycles. The maximum absolute atomic E-state index is 12.9. The first kappa shape index (κ1) is 22.8. The van der Waals surface area contributed by atoms with Gasteiger partial charge < -0.3 is 9.64 Å². The molecule has 1 aliphatic carbocycles. The number of carbonyl (C=O) groups excluding carboxylic acids is 3. The van der Waals surface area contributed by atoms with Crippen molar-refractivity contribution in [3.8, 4) is 5.75 Å². The Bertz CT molecular complexity index is 865. The summed E-state index contributed by atoms with van der Waals surface area (Å²) in [6.07, 6.45) is 7.71. The number of fused-ring (bicyclic) bond motifs is 1. The highest BCUT2D eigenvalue weighted by molar-refractivity contribution is 6.05. The topological polar surface area (TPSA) is 79.0 Å². The summed E-state index contributed by atoms with van der Waals surface area (Å²) in [7, 11) is 0. The molecule has 3 aliphatic rings. The molecule has 2 aliphatic heterocycles. The van der Waals surface area contributed by atoms with E-state index < -0.39 is 6.04 Å². The molecule has 3 amide bonds. The van der Waals surface area contributed by atoms with Crippen molar-refractivity contribution in [2.45, 2.75) is 89.9 Å². The molecule has 32 heavy (non-hydrogen) atoms. The van der Waals surface area contributed by atoms with Crippen LogP contribution in [0.15, 0.2) is 18.2 Å². The van der Waals surface area contributed by atoms with Gasteiger partial charge in [-0.3, -0.25) is 24.6 Å². The number of rotatable bonds is 8. The highest BCUT2D eigenvalue weighted by Crippen LogP contribution is 2.33. The summed E-state index contributed by atoms with van der Waals surface area (Å²) >= 11 is 0. The molecule has 1 aromatic carbocycles. The predicted octanol–water partition coefficient (Wildman–Crippen LogP) is 3.26. The van der Waals surface area contributed by atoms with Crippen molar-refractivity contribution in [3.63, 3.8) is 0 Å². The fourth-order valence-electron chi connectivity index (χ4n) is 5.45. The van der Waals surface area contributed by atoms with E-state index in [0.29, 0.717) is 24.6 Å². The van der Waals surface area contributed by atoms with E-state index in [1.165, 1.54) is 12.8 Å². The lowest BCUT2D eigenvalue weighted by atomic mass is 9.90. The zero-order chi connectivity index (χ0) is 22.7. The molecule has 2 unspecified atom stereocenters. The van der Waals surface area contributed by atoms with Crippen molar-refractivity contribution >= 4 is 17.7 Å². The van der Waals surface area contributed by atoms with Gasteiger partial charge in [0.25, 0.3) is 5.91 Å². The monoisotopic (exact) mass is 441 g/mol. The molecule has 7 heteroatoms. The first-order valence-electron chi connectivity index (χ1n) is 12.2. The van der Waals surface area contributed by atoms with E-state index in [1.54, 1.807) is 4.90 Å². The molecule has 174 valence electrons. The summed E-state index contributed by atoms with van der Waals surface area (Å²) in [5.41, 5.74) is 1.52. The lowest BCUT2D eigenvalue weighted by Gasteiger charge is -2.39. The van der Waals surface area contributed by atoms with E-state index in [9.17, 15) is 14.4 Å². The second-order valence-corrected chi connectivity index (χ2v) is 9.26. The molecule has 1 N–H and O–H groups in total. The quantitative estimate of drug-likeness (QED) is 0.627. The molecule has 2 fully saturated rings. The fraction of sp³-hybridized carbons (Fsp3) is 0.640. The first-order valence-corrected chi connectivity index (χ1v) is 12.2. The van der Waals surface area contributed by atoms with Gasteiger partial charge in [0, 0.05) is 24.6 Å². The Balaban J connectivity index is 1.47. The van der Waals surface area contributed by atoms with Gasteiger partial charge in [-0.1, -0.05) is 20.3 Å². The van der Waals surface area contributed by atoms with Crippen LogP contribution < -0.4 is 10.1 Å². The van der Waals surface area contributed by atoms with Crippen molar-refractivity contribution in [2.75, 3.05) is 13.1 Å². The summed E-state index contributed by atoms with van der Waals surface area (Å²) < 4.78 is 6.52. The number of ether oxygens (including phenoxy) is 1. The Morgan fingerprint density at radius 2 is 1.81 bits per heavy atom. The Morgan fingerprint density at radius 3 is 2.53 bits per heavy atom. The van der Waals surface area contributed by atoms with Gasteiger partial charge in [-0.05, 0) is 75.4 Å². The van der Waals surface area contributed by atoms with Gasteiger partial charge in [0.2, 0.25) is 11.8 Å². The second kappa shape index (κ2) is 10.0. The minimum atomic E-state index is -0.587. The number of benzene rings is 1. The third-order valence-electron chi connectivity index (χ3n) is 6.94. The number of piperidine rings is 1. The average molecular weight is 442 g/mol. The molecule has 4 rings (SSSR count). The lowest BCUT2D eigenvalue weighted by Crippen LogP contribution is -2.52. The van der Waals surface area contributed by atoms with Crippen molar-refractivity contribution in [1.82, 2.24) is 15.1 Å². The highest BCUT2D eigenvalue weighted by atomic mass is 16.5. The number of nitrogens with one attached hydrogen (secondary N) is 1. The third kappa shape index (κ3) is 4.68. The molecule has 2 heterocycles. The molecule has 7 nitrogen and oxygen atoms in total. The normalized spacial score (nSPS) is 25.8. The van der Waals surface area contributed by atoms with Crippen LogP contribution in [0.4, 0.5) is 0 Å². The largest absolute Gasteiger partial charge is 0.489 e. The smallest absolute Gasteiger partial charge is 0.255 e. The summed E-state index contributed by atoms with van der Waals surface area (Å²) in [6.45, 7) is 7.03. The SMILES string of the molecule is CCCN(CCC)[C@H]1CCCCC1Oc1ccc2c(c1)CN(C1CCC(=O)NC1=O)C2=O. The van der Waals surface area contributed by atoms with Gasteiger partial charge in [0.05, 0.1) is 0 Å². The second-order valence-electron chi connectivity index (χ2n) is 9.26. The average Bonchev–Trinajstić information content (AvgIpc) is 3.09. The van der Waals surface area contributed by atoms with Gasteiger partial charge in [-0.25, -0.2) is 0 Å². The number of hydrogen-bond donors (Lipinski definition) is 1. The Hall–Kier alpha value is -2.41. The zero-order valence-corrected chi connectivity index (χ0v) is 19.3. The Kier molecular flexibility index (Phi) is 7.13. The first-order chi connectivity index (χ1) is 15.5. The minimum absolute atomic E-state index is 0.145. The molecule has 1 aromatic rings. The number of hydrogen-bond acceptors (Lipinski definition) is 5. The van der Waals surface area contributed by atoms with E-state index >= 15 is 0 Å². The van der Waals surface area contributed by atoms with Crippen LogP contribution >= 0.6 is 0 Å². The van der Waals surface area contributed by atoms with Crippen LogP contribution in [0.25, 0.3) is 0 Å². The highest BCUT2D eigenvalue weighted by Gasteiger charge is 2.39. The van der Waals surface area contributed by atoms with Crippen molar-refractivity contribution < 1.29 is 19.1 Å². The number of carbonyl (C=O) groups is 3. The number of nitrogens with zero attached hydrogens (tertiary/aromatic N) is 2. The Morgan fingerprint density at radius 1 is 1.06 bits per heavy atom. The van der Waals surface area contributed by atoms with Crippen molar-refractivity contribution in [3.05, 3.63) is 29.3 Å². The summed E-state index contributed by atoms with van der Waals surface area (Å²) in [6, 6.07) is 5.52. The molecule has 1 saturated heterocycles. The van der Waals surface area contributed by atoms with Crippen LogP contribution in [0.5, 0.6) is 5.75 Å².